The van der Waals surface area contributed by atoms with Crippen LogP contribution in [0.1, 0.15) is 0 Å². The molecule has 0 saturated heterocycles. The Morgan fingerprint density at radius 3 is 2.59 bits per heavy atom. The fourth-order valence-corrected chi connectivity index (χ4v) is 1.31. The van der Waals surface area contributed by atoms with E-state index in [1.807, 2.05) is 0 Å². The number of amides is 1. The van der Waals surface area contributed by atoms with Crippen LogP contribution in [-0.2, 0) is 4.79 Å². The second-order valence-corrected chi connectivity index (χ2v) is 3.61. The van der Waals surface area contributed by atoms with Gasteiger partial charge in [0.25, 0.3) is 0 Å². The fourth-order valence-electron chi connectivity index (χ4n) is 1.01. The third-order valence-electron chi connectivity index (χ3n) is 1.72. The third kappa shape index (κ3) is 5.17. The number of hydrogen-bond donors (Lipinski definition) is 3. The molecule has 0 spiro atoms. The Morgan fingerprint density at radius 1 is 1.41 bits per heavy atom. The summed E-state index contributed by atoms with van der Waals surface area (Å²) in [4.78, 5) is 14.3. The summed E-state index contributed by atoms with van der Waals surface area (Å²) in [7, 11) is 0. The van der Waals surface area contributed by atoms with Crippen molar-refractivity contribution >= 4 is 52.0 Å². The van der Waals surface area contributed by atoms with Gasteiger partial charge in [-0.15, -0.1) is 0 Å². The first kappa shape index (κ1) is 13.2. The number of anilines is 1. The average Bonchev–Trinajstić information content (AvgIpc) is 2.29. The number of rotatable bonds is 4. The molecule has 4 N–H and O–H groups in total. The molecule has 1 rings (SSSR count). The van der Waals surface area contributed by atoms with Crippen molar-refractivity contribution < 1.29 is 4.79 Å². The summed E-state index contributed by atoms with van der Waals surface area (Å²) in [5, 5.41) is 8.16. The van der Waals surface area contributed by atoms with E-state index in [0.717, 1.165) is 5.69 Å². The Bertz CT molecular complexity index is 466. The normalized spacial score (nSPS) is 8.94. The highest BCUT2D eigenvalue weighted by molar-refractivity contribution is 7.80. The van der Waals surface area contributed by atoms with Crippen molar-refractivity contribution in [2.24, 2.45) is 10.7 Å². The highest BCUT2D eigenvalue weighted by Crippen LogP contribution is 2.15. The number of primary amides is 1. The van der Waals surface area contributed by atoms with E-state index in [1.165, 1.54) is 0 Å². The topological polar surface area (TPSA) is 79.5 Å². The quantitative estimate of drug-likeness (QED) is 0.563. The van der Waals surface area contributed by atoms with Gasteiger partial charge in [0.2, 0.25) is 5.91 Å². The highest BCUT2D eigenvalue weighted by atomic mass is 32.1. The van der Waals surface area contributed by atoms with Gasteiger partial charge in [-0.25, -0.2) is 0 Å². The Morgan fingerprint density at radius 2 is 2.06 bits per heavy atom. The van der Waals surface area contributed by atoms with Crippen molar-refractivity contribution in [3.8, 4) is 0 Å². The Hall–Kier alpha value is -1.82. The van der Waals surface area contributed by atoms with E-state index in [2.05, 4.69) is 33.0 Å². The van der Waals surface area contributed by atoms with Gasteiger partial charge >= 0.3 is 0 Å². The first-order valence-electron chi connectivity index (χ1n) is 4.63. The molecule has 1 aromatic carbocycles. The van der Waals surface area contributed by atoms with Gasteiger partial charge in [-0.2, -0.15) is 4.99 Å². The fraction of sp³-hybridized carbons (Fsp3) is 0.100. The number of isothiocyanates is 1. The van der Waals surface area contributed by atoms with Crippen LogP contribution in [0.2, 0.25) is 0 Å². The minimum absolute atomic E-state index is 0.000872. The number of carbonyl (C=O) groups excluding carboxylic acids is 1. The van der Waals surface area contributed by atoms with Gasteiger partial charge in [0.05, 0.1) is 17.4 Å². The second kappa shape index (κ2) is 6.70. The lowest BCUT2D eigenvalue weighted by Crippen LogP contribution is -2.35. The summed E-state index contributed by atoms with van der Waals surface area (Å²) in [5.41, 5.74) is 6.45. The maximum Gasteiger partial charge on any atom is 0.236 e. The molecule has 0 aliphatic rings. The smallest absolute Gasteiger partial charge is 0.236 e. The number of carbonyl (C=O) groups is 1. The maximum atomic E-state index is 10.5. The minimum Gasteiger partial charge on any atom is -0.368 e. The number of nitrogens with one attached hydrogen (secondary N) is 2. The zero-order valence-electron chi connectivity index (χ0n) is 8.77. The van der Waals surface area contributed by atoms with Gasteiger partial charge in [-0.1, -0.05) is 0 Å². The number of hydrogen-bond acceptors (Lipinski definition) is 4. The minimum atomic E-state index is -0.472. The molecule has 0 radical (unpaired) electrons. The number of thiocarbonyl (C=S) groups is 2. The van der Waals surface area contributed by atoms with Crippen LogP contribution in [0.3, 0.4) is 0 Å². The first-order valence-corrected chi connectivity index (χ1v) is 5.44. The predicted octanol–water partition coefficient (Wildman–Crippen LogP) is 1.19. The van der Waals surface area contributed by atoms with Crippen LogP contribution >= 0.6 is 24.4 Å². The van der Waals surface area contributed by atoms with Crippen molar-refractivity contribution in [1.82, 2.24) is 5.32 Å². The summed E-state index contributed by atoms with van der Waals surface area (Å²) in [6.07, 6.45) is 0. The largest absolute Gasteiger partial charge is 0.368 e. The molecule has 0 fully saturated rings. The molecule has 0 heterocycles. The van der Waals surface area contributed by atoms with Crippen molar-refractivity contribution in [2.75, 3.05) is 11.9 Å². The Kier molecular flexibility index (Phi) is 5.22. The van der Waals surface area contributed by atoms with E-state index < -0.39 is 5.91 Å². The van der Waals surface area contributed by atoms with Gasteiger partial charge in [0.15, 0.2) is 5.11 Å². The molecular weight excluding hydrogens is 256 g/mol. The number of benzene rings is 1. The molecule has 88 valence electrons. The van der Waals surface area contributed by atoms with Crippen LogP contribution in [0, 0.1) is 0 Å². The van der Waals surface area contributed by atoms with E-state index in [9.17, 15) is 4.79 Å². The third-order valence-corrected chi connectivity index (χ3v) is 2.06. The molecule has 1 amide bonds. The standard InChI is InChI=1S/C10H10N4OS2/c11-9(15)5-12-10(17)14-8-3-1-7(2-4-8)13-6-16/h1-4H,5H2,(H2,11,15)(H2,12,14,17). The summed E-state index contributed by atoms with van der Waals surface area (Å²) in [6, 6.07) is 7.09. The van der Waals surface area contributed by atoms with E-state index in [4.69, 9.17) is 18.0 Å². The van der Waals surface area contributed by atoms with Crippen molar-refractivity contribution in [3.05, 3.63) is 24.3 Å². The summed E-state index contributed by atoms with van der Waals surface area (Å²) in [6.45, 7) is -0.000872. The molecule has 5 nitrogen and oxygen atoms in total. The van der Waals surface area contributed by atoms with E-state index in [1.54, 1.807) is 24.3 Å². The lowest BCUT2D eigenvalue weighted by Gasteiger charge is -2.08. The lowest BCUT2D eigenvalue weighted by molar-refractivity contribution is -0.116. The molecule has 0 aliphatic carbocycles. The second-order valence-electron chi connectivity index (χ2n) is 3.02. The molecule has 0 atom stereocenters. The van der Waals surface area contributed by atoms with Crippen LogP contribution in [0.4, 0.5) is 11.4 Å². The zero-order valence-corrected chi connectivity index (χ0v) is 10.4. The molecule has 1 aromatic rings. The number of nitrogens with two attached hydrogens (primary N) is 1. The monoisotopic (exact) mass is 266 g/mol. The van der Waals surface area contributed by atoms with E-state index in [-0.39, 0.29) is 6.54 Å². The van der Waals surface area contributed by atoms with Crippen molar-refractivity contribution in [3.63, 3.8) is 0 Å². The Balaban J connectivity index is 2.54. The van der Waals surface area contributed by atoms with Crippen LogP contribution in [0.5, 0.6) is 0 Å². The van der Waals surface area contributed by atoms with E-state index in [0.29, 0.717) is 10.8 Å². The van der Waals surface area contributed by atoms with Crippen LogP contribution < -0.4 is 16.4 Å². The summed E-state index contributed by atoms with van der Waals surface area (Å²) in [5.74, 6) is -0.472. The molecule has 7 heteroatoms. The molecule has 0 unspecified atom stereocenters. The van der Waals surface area contributed by atoms with Gasteiger partial charge in [0.1, 0.15) is 0 Å². The molecule has 0 aromatic heterocycles. The molecule has 0 bridgehead atoms. The van der Waals surface area contributed by atoms with Crippen LogP contribution in [0.25, 0.3) is 0 Å². The maximum absolute atomic E-state index is 10.5. The summed E-state index contributed by atoms with van der Waals surface area (Å²) < 4.78 is 0. The molecule has 0 aliphatic heterocycles. The van der Waals surface area contributed by atoms with Crippen molar-refractivity contribution in [1.29, 1.82) is 0 Å². The highest BCUT2D eigenvalue weighted by Gasteiger charge is 1.99. The molecule has 17 heavy (non-hydrogen) atoms. The summed E-state index contributed by atoms with van der Waals surface area (Å²) >= 11 is 9.44. The SMILES string of the molecule is NC(=O)CNC(=S)Nc1ccc(N=C=S)cc1. The van der Waals surface area contributed by atoms with Gasteiger partial charge in [-0.05, 0) is 48.7 Å². The first-order chi connectivity index (χ1) is 8.11. The number of nitrogens with zero attached hydrogens (tertiary/aromatic N) is 1. The molecule has 0 saturated carbocycles. The Labute approximate surface area is 109 Å². The van der Waals surface area contributed by atoms with Crippen molar-refractivity contribution in [2.45, 2.75) is 0 Å². The molecular formula is C10H10N4OS2. The predicted molar refractivity (Wildman–Crippen MR) is 74.5 cm³/mol. The van der Waals surface area contributed by atoms with Gasteiger partial charge < -0.3 is 16.4 Å². The lowest BCUT2D eigenvalue weighted by atomic mass is 10.3. The van der Waals surface area contributed by atoms with Crippen LogP contribution in [0.15, 0.2) is 29.3 Å². The van der Waals surface area contributed by atoms with Gasteiger partial charge in [-0.3, -0.25) is 4.79 Å². The van der Waals surface area contributed by atoms with Gasteiger partial charge in [0, 0.05) is 5.69 Å². The van der Waals surface area contributed by atoms with Crippen LogP contribution in [-0.4, -0.2) is 22.7 Å². The van der Waals surface area contributed by atoms with E-state index >= 15 is 0 Å². The zero-order chi connectivity index (χ0) is 12.7. The average molecular weight is 266 g/mol. The number of aliphatic imine (C=N–C) groups is 1.